The second kappa shape index (κ2) is 6.65. The van der Waals surface area contributed by atoms with E-state index < -0.39 is 0 Å². The van der Waals surface area contributed by atoms with Crippen LogP contribution in [-0.2, 0) is 4.74 Å². The van der Waals surface area contributed by atoms with Crippen molar-refractivity contribution in [1.29, 1.82) is 0 Å². The third-order valence-corrected chi connectivity index (χ3v) is 2.80. The van der Waals surface area contributed by atoms with Crippen LogP contribution in [-0.4, -0.2) is 57.6 Å². The highest BCUT2D eigenvalue weighted by Crippen LogP contribution is 2.18. The fraction of sp³-hybridized carbons (Fsp3) is 0.545. The molecule has 0 aliphatic carbocycles. The van der Waals surface area contributed by atoms with Gasteiger partial charge in [0.1, 0.15) is 17.3 Å². The molecule has 0 atom stereocenters. The first-order chi connectivity index (χ1) is 9.26. The van der Waals surface area contributed by atoms with Gasteiger partial charge in [0.15, 0.2) is 0 Å². The van der Waals surface area contributed by atoms with E-state index in [9.17, 15) is 5.11 Å². The summed E-state index contributed by atoms with van der Waals surface area (Å²) in [5.41, 5.74) is 0. The normalized spacial score (nSPS) is 11.1. The molecule has 0 aromatic carbocycles. The van der Waals surface area contributed by atoms with E-state index in [1.165, 1.54) is 6.33 Å². The summed E-state index contributed by atoms with van der Waals surface area (Å²) in [6.45, 7) is 4.28. The van der Waals surface area contributed by atoms with Crippen molar-refractivity contribution in [1.82, 2.24) is 19.6 Å². The number of rotatable bonds is 7. The lowest BCUT2D eigenvalue weighted by Gasteiger charge is -2.23. The summed E-state index contributed by atoms with van der Waals surface area (Å²) >= 11 is 5.97. The number of halogens is 1. The number of fused-ring (bicyclic) bond motifs is 1. The first-order valence-corrected chi connectivity index (χ1v) is 6.44. The van der Waals surface area contributed by atoms with Gasteiger partial charge in [-0.1, -0.05) is 11.6 Å². The van der Waals surface area contributed by atoms with Crippen molar-refractivity contribution < 1.29 is 9.84 Å². The minimum absolute atomic E-state index is 0.0300. The average Bonchev–Trinajstić information content (AvgIpc) is 2.85. The van der Waals surface area contributed by atoms with Crippen LogP contribution < -0.4 is 4.90 Å². The standard InChI is InChI=1S/C11H16ClN5O2/c1-2-19-6-4-16(3-5-18)10-7-9(12)15-11-13-8-14-17(10)11/h7-8,18H,2-6H2,1H3. The van der Waals surface area contributed by atoms with Crippen molar-refractivity contribution in [2.24, 2.45) is 0 Å². The summed E-state index contributed by atoms with van der Waals surface area (Å²) in [5, 5.41) is 13.6. The van der Waals surface area contributed by atoms with E-state index in [0.29, 0.717) is 37.2 Å². The molecule has 8 heteroatoms. The maximum atomic E-state index is 9.17. The molecule has 2 rings (SSSR count). The van der Waals surface area contributed by atoms with Gasteiger partial charge in [0.2, 0.25) is 0 Å². The molecule has 1 N–H and O–H groups in total. The van der Waals surface area contributed by atoms with Crippen molar-refractivity contribution in [3.05, 3.63) is 17.5 Å². The minimum Gasteiger partial charge on any atom is -0.395 e. The minimum atomic E-state index is 0.0300. The average molecular weight is 286 g/mol. The number of aromatic nitrogens is 4. The van der Waals surface area contributed by atoms with Crippen LogP contribution >= 0.6 is 11.6 Å². The Labute approximate surface area is 115 Å². The summed E-state index contributed by atoms with van der Waals surface area (Å²) in [6, 6.07) is 1.70. The molecule has 0 unspecified atom stereocenters. The fourth-order valence-electron chi connectivity index (χ4n) is 1.77. The van der Waals surface area contributed by atoms with Crippen molar-refractivity contribution in [2.75, 3.05) is 37.8 Å². The highest BCUT2D eigenvalue weighted by Gasteiger charge is 2.13. The molecule has 0 amide bonds. The third kappa shape index (κ3) is 3.31. The van der Waals surface area contributed by atoms with Gasteiger partial charge in [0, 0.05) is 25.8 Å². The van der Waals surface area contributed by atoms with Crippen LogP contribution in [0, 0.1) is 0 Å². The van der Waals surface area contributed by atoms with E-state index in [1.54, 1.807) is 10.6 Å². The van der Waals surface area contributed by atoms with Gasteiger partial charge >= 0.3 is 0 Å². The lowest BCUT2D eigenvalue weighted by atomic mass is 10.4. The molecule has 0 radical (unpaired) electrons. The smallest absolute Gasteiger partial charge is 0.255 e. The highest BCUT2D eigenvalue weighted by atomic mass is 35.5. The second-order valence-corrected chi connectivity index (χ2v) is 4.20. The Hall–Kier alpha value is -1.44. The zero-order chi connectivity index (χ0) is 13.7. The quantitative estimate of drug-likeness (QED) is 0.593. The Morgan fingerprint density at radius 1 is 1.47 bits per heavy atom. The van der Waals surface area contributed by atoms with Crippen LogP contribution in [0.25, 0.3) is 5.78 Å². The van der Waals surface area contributed by atoms with Crippen LogP contribution in [0.5, 0.6) is 0 Å². The number of ether oxygens (including phenoxy) is 1. The molecule has 104 valence electrons. The van der Waals surface area contributed by atoms with E-state index in [4.69, 9.17) is 16.3 Å². The predicted molar refractivity (Wildman–Crippen MR) is 71.6 cm³/mol. The van der Waals surface area contributed by atoms with Crippen molar-refractivity contribution >= 4 is 23.2 Å². The van der Waals surface area contributed by atoms with Crippen LogP contribution in [0.1, 0.15) is 6.92 Å². The summed E-state index contributed by atoms with van der Waals surface area (Å²) in [4.78, 5) is 10.0. The molecule has 0 aliphatic rings. The summed E-state index contributed by atoms with van der Waals surface area (Å²) in [6.07, 6.45) is 1.42. The monoisotopic (exact) mass is 285 g/mol. The Kier molecular flexibility index (Phi) is 4.89. The van der Waals surface area contributed by atoms with E-state index in [-0.39, 0.29) is 6.61 Å². The number of aliphatic hydroxyl groups excluding tert-OH is 1. The van der Waals surface area contributed by atoms with Crippen LogP contribution in [0.4, 0.5) is 5.82 Å². The maximum Gasteiger partial charge on any atom is 0.255 e. The highest BCUT2D eigenvalue weighted by molar-refractivity contribution is 6.29. The number of aliphatic hydroxyl groups is 1. The molecule has 7 nitrogen and oxygen atoms in total. The number of anilines is 1. The van der Waals surface area contributed by atoms with Crippen LogP contribution in [0.15, 0.2) is 12.4 Å². The Morgan fingerprint density at radius 2 is 2.32 bits per heavy atom. The number of hydrogen-bond acceptors (Lipinski definition) is 6. The van der Waals surface area contributed by atoms with E-state index in [2.05, 4.69) is 15.1 Å². The van der Waals surface area contributed by atoms with Gasteiger partial charge < -0.3 is 14.7 Å². The predicted octanol–water partition coefficient (Wildman–Crippen LogP) is 0.613. The molecule has 19 heavy (non-hydrogen) atoms. The van der Waals surface area contributed by atoms with E-state index >= 15 is 0 Å². The number of nitrogens with zero attached hydrogens (tertiary/aromatic N) is 5. The fourth-order valence-corrected chi connectivity index (χ4v) is 1.95. The van der Waals surface area contributed by atoms with Gasteiger partial charge in [-0.25, -0.2) is 0 Å². The zero-order valence-electron chi connectivity index (χ0n) is 10.7. The lowest BCUT2D eigenvalue weighted by molar-refractivity contribution is 0.152. The molecule has 0 spiro atoms. The van der Waals surface area contributed by atoms with Crippen LogP contribution in [0.3, 0.4) is 0 Å². The molecule has 2 heterocycles. The Morgan fingerprint density at radius 3 is 3.05 bits per heavy atom. The molecule has 0 saturated heterocycles. The Bertz CT molecular complexity index is 533. The van der Waals surface area contributed by atoms with Gasteiger partial charge in [-0.15, -0.1) is 0 Å². The molecule has 0 saturated carbocycles. The molecule has 2 aromatic heterocycles. The third-order valence-electron chi connectivity index (χ3n) is 2.61. The Balaban J connectivity index is 2.29. The molecule has 2 aromatic rings. The summed E-state index contributed by atoms with van der Waals surface area (Å²) < 4.78 is 6.93. The topological polar surface area (TPSA) is 75.8 Å². The van der Waals surface area contributed by atoms with Gasteiger partial charge in [-0.05, 0) is 6.92 Å². The van der Waals surface area contributed by atoms with Crippen molar-refractivity contribution in [2.45, 2.75) is 6.92 Å². The van der Waals surface area contributed by atoms with Crippen LogP contribution in [0.2, 0.25) is 5.15 Å². The molecule has 0 fully saturated rings. The van der Waals surface area contributed by atoms with E-state index in [0.717, 1.165) is 5.82 Å². The number of hydrogen-bond donors (Lipinski definition) is 1. The zero-order valence-corrected chi connectivity index (χ0v) is 11.4. The van der Waals surface area contributed by atoms with Crippen molar-refractivity contribution in [3.8, 4) is 0 Å². The van der Waals surface area contributed by atoms with Gasteiger partial charge in [-0.2, -0.15) is 19.6 Å². The molecule has 0 bridgehead atoms. The molecular weight excluding hydrogens is 270 g/mol. The lowest BCUT2D eigenvalue weighted by Crippen LogP contribution is -2.32. The van der Waals surface area contributed by atoms with Gasteiger partial charge in [0.05, 0.1) is 13.2 Å². The largest absolute Gasteiger partial charge is 0.395 e. The van der Waals surface area contributed by atoms with Crippen molar-refractivity contribution in [3.63, 3.8) is 0 Å². The SMILES string of the molecule is CCOCCN(CCO)c1cc(Cl)nc2ncnn12. The molecular formula is C11H16ClN5O2. The summed E-state index contributed by atoms with van der Waals surface area (Å²) in [7, 11) is 0. The van der Waals surface area contributed by atoms with Gasteiger partial charge in [-0.3, -0.25) is 0 Å². The molecule has 0 aliphatic heterocycles. The van der Waals surface area contributed by atoms with Gasteiger partial charge in [0.25, 0.3) is 5.78 Å². The summed E-state index contributed by atoms with van der Waals surface area (Å²) in [5.74, 6) is 1.17. The maximum absolute atomic E-state index is 9.17. The second-order valence-electron chi connectivity index (χ2n) is 3.82. The first kappa shape index (κ1) is 14.0. The first-order valence-electron chi connectivity index (χ1n) is 6.06. The van der Waals surface area contributed by atoms with E-state index in [1.807, 2.05) is 11.8 Å².